The van der Waals surface area contributed by atoms with E-state index in [9.17, 15) is 0 Å². The minimum Gasteiger partial charge on any atom is -0.353 e. The molecule has 172 valence electrons. The lowest BCUT2D eigenvalue weighted by molar-refractivity contribution is -0.246. The zero-order valence-electron chi connectivity index (χ0n) is 18.8. The summed E-state index contributed by atoms with van der Waals surface area (Å²) in [5.41, 5.74) is 0. The van der Waals surface area contributed by atoms with Crippen molar-refractivity contribution >= 4 is 23.2 Å². The van der Waals surface area contributed by atoms with E-state index in [4.69, 9.17) is 37.4 Å². The fourth-order valence-corrected chi connectivity index (χ4v) is 3.30. The van der Waals surface area contributed by atoms with Gasteiger partial charge >= 0.3 is 0 Å². The Labute approximate surface area is 190 Å². The van der Waals surface area contributed by atoms with Gasteiger partial charge in [0.1, 0.15) is 0 Å². The van der Waals surface area contributed by atoms with Crippen LogP contribution in [-0.4, -0.2) is 37.6 Å². The van der Waals surface area contributed by atoms with E-state index < -0.39 is 0 Å². The number of hydrogen-bond donors (Lipinski definition) is 0. The second-order valence-corrected chi connectivity index (χ2v) is 7.84. The summed E-state index contributed by atoms with van der Waals surface area (Å²) in [6, 6.07) is 0. The van der Waals surface area contributed by atoms with E-state index >= 15 is 0 Å². The quantitative estimate of drug-likeness (QED) is 0.0722. The third-order valence-corrected chi connectivity index (χ3v) is 5.02. The van der Waals surface area contributed by atoms with E-state index in [0.29, 0.717) is 13.2 Å². The first-order valence-electron chi connectivity index (χ1n) is 11.6. The van der Waals surface area contributed by atoms with Crippen LogP contribution in [0, 0.1) is 0 Å². The van der Waals surface area contributed by atoms with Gasteiger partial charge in [0.2, 0.25) is 0 Å². The Morgan fingerprint density at radius 1 is 0.586 bits per heavy atom. The van der Waals surface area contributed by atoms with Crippen molar-refractivity contribution in [2.45, 2.75) is 103 Å². The molecule has 2 unspecified atom stereocenters. The molecule has 0 fully saturated rings. The van der Waals surface area contributed by atoms with Crippen molar-refractivity contribution in [1.82, 2.24) is 0 Å². The normalized spacial score (nSPS) is 14.2. The molecule has 0 saturated carbocycles. The van der Waals surface area contributed by atoms with Crippen molar-refractivity contribution in [3.8, 4) is 0 Å². The smallest absolute Gasteiger partial charge is 0.161 e. The average molecular weight is 452 g/mol. The number of alkyl halides is 2. The number of hydrogen-bond acceptors (Lipinski definition) is 3. The molecule has 0 radical (unpaired) electrons. The highest BCUT2D eigenvalue weighted by molar-refractivity contribution is 6.18. The molecule has 0 aliphatic carbocycles. The van der Waals surface area contributed by atoms with Gasteiger partial charge in [-0.1, -0.05) is 37.1 Å². The number of ether oxygens (including phenoxy) is 3. The van der Waals surface area contributed by atoms with Gasteiger partial charge in [0.25, 0.3) is 0 Å². The highest BCUT2D eigenvalue weighted by Crippen LogP contribution is 2.14. The summed E-state index contributed by atoms with van der Waals surface area (Å²) < 4.78 is 17.7. The molecule has 3 nitrogen and oxygen atoms in total. The Hall–Kier alpha value is -0.0600. The molecule has 0 spiro atoms. The molecule has 0 saturated heterocycles. The van der Waals surface area contributed by atoms with Crippen LogP contribution in [0.3, 0.4) is 0 Å². The van der Waals surface area contributed by atoms with Crippen LogP contribution in [-0.2, 0) is 14.2 Å². The highest BCUT2D eigenvalue weighted by atomic mass is 35.5. The molecule has 0 aliphatic rings. The molecule has 0 bridgehead atoms. The van der Waals surface area contributed by atoms with Gasteiger partial charge in [-0.05, 0) is 65.2 Å². The lowest BCUT2D eigenvalue weighted by atomic mass is 10.2. The number of unbranched alkanes of at least 4 members (excludes halogenated alkanes) is 6. The zero-order chi connectivity index (χ0) is 21.4. The molecule has 2 atom stereocenters. The Balaban J connectivity index is 4.11. The van der Waals surface area contributed by atoms with Crippen molar-refractivity contribution in [2.75, 3.05) is 25.0 Å². The largest absolute Gasteiger partial charge is 0.353 e. The van der Waals surface area contributed by atoms with Crippen molar-refractivity contribution in [3.05, 3.63) is 24.3 Å². The predicted octanol–water partition coefficient (Wildman–Crippen LogP) is 8.00. The predicted molar refractivity (Wildman–Crippen MR) is 127 cm³/mol. The fourth-order valence-electron chi connectivity index (χ4n) is 2.93. The van der Waals surface area contributed by atoms with Crippen molar-refractivity contribution in [3.63, 3.8) is 0 Å². The van der Waals surface area contributed by atoms with Gasteiger partial charge in [-0.25, -0.2) is 0 Å². The zero-order valence-corrected chi connectivity index (χ0v) is 20.3. The maximum Gasteiger partial charge on any atom is 0.161 e. The molecular weight excluding hydrogens is 407 g/mol. The summed E-state index contributed by atoms with van der Waals surface area (Å²) in [5, 5.41) is 0. The van der Waals surface area contributed by atoms with Crippen LogP contribution >= 0.6 is 23.2 Å². The third-order valence-electron chi connectivity index (χ3n) is 4.49. The summed E-state index contributed by atoms with van der Waals surface area (Å²) in [6.07, 6.45) is 21.5. The molecule has 0 amide bonds. The first-order valence-corrected chi connectivity index (χ1v) is 12.7. The molecule has 29 heavy (non-hydrogen) atoms. The maximum atomic E-state index is 6.11. The van der Waals surface area contributed by atoms with Crippen molar-refractivity contribution < 1.29 is 14.2 Å². The average Bonchev–Trinajstić information content (AvgIpc) is 2.72. The van der Waals surface area contributed by atoms with Gasteiger partial charge in [0.05, 0.1) is 0 Å². The summed E-state index contributed by atoms with van der Waals surface area (Å²) >= 11 is 11.4. The number of rotatable bonds is 22. The van der Waals surface area contributed by atoms with Gasteiger partial charge < -0.3 is 14.2 Å². The molecule has 0 heterocycles. The van der Waals surface area contributed by atoms with Crippen LogP contribution in [0.15, 0.2) is 24.3 Å². The van der Waals surface area contributed by atoms with Gasteiger partial charge in [-0.3, -0.25) is 0 Å². The minimum absolute atomic E-state index is 0.211. The highest BCUT2D eigenvalue weighted by Gasteiger charge is 2.16. The van der Waals surface area contributed by atoms with E-state index in [1.807, 2.05) is 13.8 Å². The Morgan fingerprint density at radius 3 is 1.38 bits per heavy atom. The summed E-state index contributed by atoms with van der Waals surface area (Å²) in [6.45, 7) is 5.30. The second kappa shape index (κ2) is 24.2. The van der Waals surface area contributed by atoms with E-state index in [-0.39, 0.29) is 12.6 Å². The Morgan fingerprint density at radius 2 is 1.00 bits per heavy atom. The summed E-state index contributed by atoms with van der Waals surface area (Å²) in [5.74, 6) is 1.53. The molecule has 0 N–H and O–H groups in total. The maximum absolute atomic E-state index is 6.11. The van der Waals surface area contributed by atoms with Crippen LogP contribution in [0.1, 0.15) is 90.9 Å². The first-order chi connectivity index (χ1) is 14.3. The molecule has 0 rings (SSSR count). The lowest BCUT2D eigenvalue weighted by Crippen LogP contribution is -2.27. The molecule has 0 aromatic heterocycles. The standard InChI is InChI=1S/C24H44Cl2O3/c1-3-27-23(19-15-11-7-5-9-13-17-21-25)29-24(28-4-2)20-16-12-8-6-10-14-18-22-26/h7-8,11-12,23-24H,3-6,9-10,13-22H2,1-2H3. The van der Waals surface area contributed by atoms with Crippen LogP contribution in [0.5, 0.6) is 0 Å². The monoisotopic (exact) mass is 450 g/mol. The molecule has 5 heteroatoms. The summed E-state index contributed by atoms with van der Waals surface area (Å²) in [4.78, 5) is 0. The van der Waals surface area contributed by atoms with Gasteiger partial charge in [0, 0.05) is 37.8 Å². The second-order valence-electron chi connectivity index (χ2n) is 7.08. The van der Waals surface area contributed by atoms with E-state index in [1.54, 1.807) is 0 Å². The van der Waals surface area contributed by atoms with Crippen molar-refractivity contribution in [2.24, 2.45) is 0 Å². The molecule has 0 aliphatic heterocycles. The molecular formula is C24H44Cl2O3. The van der Waals surface area contributed by atoms with Gasteiger partial charge in [-0.15, -0.1) is 23.2 Å². The lowest BCUT2D eigenvalue weighted by Gasteiger charge is -2.24. The minimum atomic E-state index is -0.211. The van der Waals surface area contributed by atoms with Crippen LogP contribution < -0.4 is 0 Å². The summed E-state index contributed by atoms with van der Waals surface area (Å²) in [7, 11) is 0. The van der Waals surface area contributed by atoms with Crippen molar-refractivity contribution in [1.29, 1.82) is 0 Å². The van der Waals surface area contributed by atoms with Crippen LogP contribution in [0.4, 0.5) is 0 Å². The van der Waals surface area contributed by atoms with E-state index in [2.05, 4.69) is 24.3 Å². The van der Waals surface area contributed by atoms with Gasteiger partial charge in [-0.2, -0.15) is 0 Å². The van der Waals surface area contributed by atoms with Crippen LogP contribution in [0.25, 0.3) is 0 Å². The fraction of sp³-hybridized carbons (Fsp3) is 0.833. The molecule has 0 aromatic carbocycles. The Kier molecular flexibility index (Phi) is 24.2. The van der Waals surface area contributed by atoms with Crippen LogP contribution in [0.2, 0.25) is 0 Å². The first kappa shape index (κ1) is 28.9. The van der Waals surface area contributed by atoms with E-state index in [0.717, 1.165) is 63.1 Å². The third kappa shape index (κ3) is 21.0. The molecule has 0 aromatic rings. The van der Waals surface area contributed by atoms with Gasteiger partial charge in [0.15, 0.2) is 12.6 Å². The van der Waals surface area contributed by atoms with E-state index in [1.165, 1.54) is 25.7 Å². The SMILES string of the molecule is CCOC(CCC=CCCCCCCl)OC(CCC=CCCCCCCl)OCC. The Bertz CT molecular complexity index is 341. The number of allylic oxidation sites excluding steroid dienone is 4. The topological polar surface area (TPSA) is 27.7 Å². The number of halogens is 2.